The Bertz CT molecular complexity index is 1960. The average Bonchev–Trinajstić information content (AvgIpc) is 3.79. The zero-order valence-corrected chi connectivity index (χ0v) is 37.1. The molecule has 0 spiro atoms. The molecule has 3 aromatic carbocycles. The Hall–Kier alpha value is -7.10. The highest BCUT2D eigenvalue weighted by atomic mass is 16.5. The first-order chi connectivity index (χ1) is 31.8. The summed E-state index contributed by atoms with van der Waals surface area (Å²) in [6, 6.07) is 17.9. The fourth-order valence-corrected chi connectivity index (χ4v) is 6.77. The van der Waals surface area contributed by atoms with Crippen LogP contribution in [0.25, 0.3) is 0 Å². The molecule has 2 aliphatic rings. The van der Waals surface area contributed by atoms with Crippen molar-refractivity contribution in [2.24, 2.45) is 0 Å². The van der Waals surface area contributed by atoms with Crippen LogP contribution in [0.4, 0.5) is 0 Å². The molecule has 4 amide bonds. The van der Waals surface area contributed by atoms with Gasteiger partial charge in [-0.15, -0.1) is 0 Å². The number of carboxylic acids is 2. The summed E-state index contributed by atoms with van der Waals surface area (Å²) < 4.78 is 10.3. The lowest BCUT2D eigenvalue weighted by atomic mass is 10.1. The van der Waals surface area contributed by atoms with Crippen molar-refractivity contribution in [3.63, 3.8) is 0 Å². The molecule has 66 heavy (non-hydrogen) atoms. The van der Waals surface area contributed by atoms with Crippen LogP contribution >= 0.6 is 0 Å². The molecule has 0 aromatic heterocycles. The molecule has 0 unspecified atom stereocenters. The first-order valence-corrected chi connectivity index (χ1v) is 22.4. The maximum absolute atomic E-state index is 11.9. The molecule has 2 aliphatic heterocycles. The van der Waals surface area contributed by atoms with Gasteiger partial charge in [-0.1, -0.05) is 101 Å². The second kappa shape index (κ2) is 30.1. The van der Waals surface area contributed by atoms with Crippen LogP contribution in [-0.4, -0.2) is 90.8 Å². The average molecular weight is 913 g/mol. The molecule has 5 rings (SSSR count). The van der Waals surface area contributed by atoms with E-state index in [9.17, 15) is 38.4 Å². The Balaban J connectivity index is 0.000000299. The summed E-state index contributed by atoms with van der Waals surface area (Å²) in [5, 5.41) is 35.5. The number of benzene rings is 3. The van der Waals surface area contributed by atoms with Gasteiger partial charge in [-0.2, -0.15) is 0 Å². The number of phenolic OH excluding ortho intramolecular Hbond substituents is 2. The van der Waals surface area contributed by atoms with Crippen LogP contribution in [-0.2, 0) is 28.8 Å². The molecule has 16 heteroatoms. The van der Waals surface area contributed by atoms with E-state index in [-0.39, 0.29) is 70.6 Å². The number of aromatic hydroxyl groups is 2. The van der Waals surface area contributed by atoms with E-state index in [1.54, 1.807) is 24.3 Å². The molecule has 0 bridgehead atoms. The van der Waals surface area contributed by atoms with Crippen molar-refractivity contribution >= 4 is 47.5 Å². The molecule has 0 saturated carbocycles. The Morgan fingerprint density at radius 1 is 0.394 bits per heavy atom. The van der Waals surface area contributed by atoms with Crippen molar-refractivity contribution in [2.75, 3.05) is 13.1 Å². The summed E-state index contributed by atoms with van der Waals surface area (Å²) in [7, 11) is 0. The van der Waals surface area contributed by atoms with Gasteiger partial charge in [-0.25, -0.2) is 9.59 Å². The zero-order valence-electron chi connectivity index (χ0n) is 37.1. The first-order valence-electron chi connectivity index (χ1n) is 22.4. The zero-order chi connectivity index (χ0) is 48.1. The normalized spacial score (nSPS) is 12.7. The number of hydrogen-bond donors (Lipinski definition) is 4. The number of ether oxygens (including phenoxy) is 2. The number of unbranched alkanes of at least 4 members (excludes halogenated alkanes) is 14. The summed E-state index contributed by atoms with van der Waals surface area (Å²) in [6.07, 6.45) is 21.1. The van der Waals surface area contributed by atoms with Gasteiger partial charge >= 0.3 is 23.9 Å². The highest BCUT2D eigenvalue weighted by molar-refractivity contribution is 6.13. The number of phenols is 2. The Labute approximate surface area is 384 Å². The molecule has 354 valence electrons. The number of imide groups is 2. The Morgan fingerprint density at radius 3 is 0.970 bits per heavy atom. The van der Waals surface area contributed by atoms with Crippen molar-refractivity contribution in [3.8, 4) is 23.0 Å². The number of amides is 4. The number of rotatable bonds is 26. The maximum Gasteiger partial charge on any atom is 0.339 e. The molecule has 0 atom stereocenters. The predicted molar refractivity (Wildman–Crippen MR) is 243 cm³/mol. The minimum absolute atomic E-state index is 0.0180. The number of aromatic carboxylic acids is 2. The Kier molecular flexibility index (Phi) is 24.3. The van der Waals surface area contributed by atoms with Crippen molar-refractivity contribution in [1.29, 1.82) is 0 Å². The third-order valence-corrected chi connectivity index (χ3v) is 10.4. The van der Waals surface area contributed by atoms with E-state index < -0.39 is 23.9 Å². The predicted octanol–water partition coefficient (Wildman–Crippen LogP) is 8.55. The van der Waals surface area contributed by atoms with Crippen LogP contribution in [0.1, 0.15) is 136 Å². The molecule has 4 N–H and O–H groups in total. The molecule has 0 fully saturated rings. The standard InChI is InChI=1S/2C22H27NO6.C6H6O2/c2*24-19-14-15-20(25)23(19)16-10-6-4-2-1-3-5-7-13-21(26)29-18-12-9-8-11-17(18)22(27)28;7-5-1-2-6(8)4-3-5/h2*8-9,11-12,14-15H,1-7,10,13,16H2,(H,27,28);1-4,7-8H. The van der Waals surface area contributed by atoms with Gasteiger partial charge in [-0.05, 0) is 74.2 Å². The minimum Gasteiger partial charge on any atom is -0.508 e. The van der Waals surface area contributed by atoms with Gasteiger partial charge < -0.3 is 29.9 Å². The largest absolute Gasteiger partial charge is 0.508 e. The second-order valence-electron chi connectivity index (χ2n) is 15.5. The van der Waals surface area contributed by atoms with Gasteiger partial charge in [0.05, 0.1) is 0 Å². The number of carboxylic acid groups (broad SMARTS) is 2. The summed E-state index contributed by atoms with van der Waals surface area (Å²) in [6.45, 7) is 0.968. The van der Waals surface area contributed by atoms with E-state index in [0.29, 0.717) is 25.9 Å². The molecule has 0 radical (unpaired) electrons. The fourth-order valence-electron chi connectivity index (χ4n) is 6.77. The van der Waals surface area contributed by atoms with Crippen LogP contribution in [0, 0.1) is 0 Å². The summed E-state index contributed by atoms with van der Waals surface area (Å²) in [5.41, 5.74) is -0.0360. The Morgan fingerprint density at radius 2 is 0.667 bits per heavy atom. The van der Waals surface area contributed by atoms with Gasteiger partial charge in [0.2, 0.25) is 0 Å². The van der Waals surface area contributed by atoms with Gasteiger partial charge in [0.25, 0.3) is 23.6 Å². The first kappa shape index (κ1) is 53.2. The number of nitrogens with zero attached hydrogens (tertiary/aromatic N) is 2. The highest BCUT2D eigenvalue weighted by Gasteiger charge is 2.23. The van der Waals surface area contributed by atoms with Crippen LogP contribution in [0.15, 0.2) is 97.1 Å². The topological polar surface area (TPSA) is 242 Å². The van der Waals surface area contributed by atoms with Gasteiger partial charge in [0.15, 0.2) is 0 Å². The maximum atomic E-state index is 11.9. The molecular formula is C50H60N2O14. The van der Waals surface area contributed by atoms with Crippen LogP contribution in [0.3, 0.4) is 0 Å². The number of hydrogen-bond acceptors (Lipinski definition) is 12. The quantitative estimate of drug-likeness (QED) is 0.0194. The van der Waals surface area contributed by atoms with E-state index in [1.165, 1.54) is 82.6 Å². The van der Waals surface area contributed by atoms with Gasteiger partial charge in [0.1, 0.15) is 34.1 Å². The number of para-hydroxylation sites is 2. The van der Waals surface area contributed by atoms with Crippen molar-refractivity contribution in [3.05, 3.63) is 108 Å². The molecule has 16 nitrogen and oxygen atoms in total. The molecule has 0 aliphatic carbocycles. The lowest BCUT2D eigenvalue weighted by Gasteiger charge is -2.13. The van der Waals surface area contributed by atoms with Crippen molar-refractivity contribution in [2.45, 2.75) is 116 Å². The molecular weight excluding hydrogens is 853 g/mol. The van der Waals surface area contributed by atoms with E-state index in [4.69, 9.17) is 29.9 Å². The smallest absolute Gasteiger partial charge is 0.339 e. The van der Waals surface area contributed by atoms with Crippen molar-refractivity contribution in [1.82, 2.24) is 9.80 Å². The van der Waals surface area contributed by atoms with E-state index in [2.05, 4.69) is 0 Å². The molecule has 2 heterocycles. The summed E-state index contributed by atoms with van der Waals surface area (Å²) in [4.78, 5) is 94.1. The number of carbonyl (C=O) groups excluding carboxylic acids is 6. The van der Waals surface area contributed by atoms with Gasteiger partial charge in [-0.3, -0.25) is 38.6 Å². The number of carbonyl (C=O) groups is 8. The number of esters is 2. The highest BCUT2D eigenvalue weighted by Crippen LogP contribution is 2.21. The molecule has 0 saturated heterocycles. The fraction of sp³-hybridized carbons (Fsp3) is 0.400. The van der Waals surface area contributed by atoms with Crippen molar-refractivity contribution < 1.29 is 68.3 Å². The second-order valence-corrected chi connectivity index (χ2v) is 15.5. The third kappa shape index (κ3) is 20.6. The summed E-state index contributed by atoms with van der Waals surface area (Å²) in [5.74, 6) is -3.47. The monoisotopic (exact) mass is 912 g/mol. The SMILES string of the molecule is O=C(CCCCCCCCCCN1C(=O)C=CC1=O)Oc1ccccc1C(=O)O.O=C(CCCCCCCCCCN1C(=O)C=CC1=O)Oc1ccccc1C(=O)O.Oc1ccc(O)cc1. The van der Waals surface area contributed by atoms with Gasteiger partial charge in [0, 0.05) is 50.2 Å². The lowest BCUT2D eigenvalue weighted by molar-refractivity contribution is -0.138. The summed E-state index contributed by atoms with van der Waals surface area (Å²) >= 11 is 0. The third-order valence-electron chi connectivity index (χ3n) is 10.4. The van der Waals surface area contributed by atoms with E-state index in [1.807, 2.05) is 0 Å². The van der Waals surface area contributed by atoms with E-state index in [0.717, 1.165) is 89.9 Å². The molecule has 3 aromatic rings. The van der Waals surface area contributed by atoms with Crippen LogP contribution in [0.2, 0.25) is 0 Å². The van der Waals surface area contributed by atoms with Crippen LogP contribution < -0.4 is 9.47 Å². The minimum atomic E-state index is -1.12. The lowest BCUT2D eigenvalue weighted by Crippen LogP contribution is -2.30. The van der Waals surface area contributed by atoms with E-state index >= 15 is 0 Å². The van der Waals surface area contributed by atoms with Crippen LogP contribution in [0.5, 0.6) is 23.0 Å².